The van der Waals surface area contributed by atoms with Crippen molar-refractivity contribution in [2.75, 3.05) is 5.73 Å². The third-order valence-corrected chi connectivity index (χ3v) is 3.29. The van der Waals surface area contributed by atoms with Crippen molar-refractivity contribution in [1.82, 2.24) is 24.4 Å². The zero-order valence-corrected chi connectivity index (χ0v) is 11.1. The summed E-state index contributed by atoms with van der Waals surface area (Å²) in [6.45, 7) is 0. The molecular weight excluding hydrogens is 264 g/mol. The van der Waals surface area contributed by atoms with E-state index in [1.54, 1.807) is 23.0 Å². The summed E-state index contributed by atoms with van der Waals surface area (Å²) in [6.07, 6.45) is 5.39. The highest BCUT2D eigenvalue weighted by Gasteiger charge is 2.08. The Morgan fingerprint density at radius 1 is 1.00 bits per heavy atom. The second-order valence-corrected chi connectivity index (χ2v) is 4.68. The Morgan fingerprint density at radius 3 is 2.71 bits per heavy atom. The van der Waals surface area contributed by atoms with Gasteiger partial charge in [0, 0.05) is 23.9 Å². The molecule has 2 N–H and O–H groups in total. The predicted octanol–water partition coefficient (Wildman–Crippen LogP) is 2.16. The Morgan fingerprint density at radius 2 is 1.86 bits per heavy atom. The Bertz CT molecular complexity index is 906. The smallest absolute Gasteiger partial charge is 0.157 e. The SMILES string of the molecule is Nc1cc(-c2cnn(-c3ccccc3)c2)nc2ccnn12. The molecule has 0 fully saturated rings. The molecule has 0 saturated carbocycles. The summed E-state index contributed by atoms with van der Waals surface area (Å²) in [5, 5.41) is 8.49. The maximum Gasteiger partial charge on any atom is 0.157 e. The van der Waals surface area contributed by atoms with Gasteiger partial charge in [-0.15, -0.1) is 0 Å². The first kappa shape index (κ1) is 11.7. The number of nitrogens with zero attached hydrogens (tertiary/aromatic N) is 5. The average Bonchev–Trinajstić information content (AvgIpc) is 3.17. The molecule has 4 aromatic rings. The minimum Gasteiger partial charge on any atom is -0.384 e. The molecule has 4 rings (SSSR count). The molecule has 0 aliphatic heterocycles. The third kappa shape index (κ3) is 1.93. The lowest BCUT2D eigenvalue weighted by Crippen LogP contribution is -2.00. The van der Waals surface area contributed by atoms with Crippen molar-refractivity contribution in [3.05, 3.63) is 61.1 Å². The van der Waals surface area contributed by atoms with Crippen LogP contribution >= 0.6 is 0 Å². The van der Waals surface area contributed by atoms with E-state index in [9.17, 15) is 0 Å². The van der Waals surface area contributed by atoms with Crippen molar-refractivity contribution >= 4 is 11.5 Å². The Kier molecular flexibility index (Phi) is 2.47. The van der Waals surface area contributed by atoms with Crippen molar-refractivity contribution in [1.29, 1.82) is 0 Å². The van der Waals surface area contributed by atoms with Gasteiger partial charge in [-0.1, -0.05) is 18.2 Å². The molecule has 0 spiro atoms. The molecule has 0 aliphatic rings. The topological polar surface area (TPSA) is 74.0 Å². The number of rotatable bonds is 2. The van der Waals surface area contributed by atoms with Crippen LogP contribution in [0.4, 0.5) is 5.82 Å². The number of benzene rings is 1. The van der Waals surface area contributed by atoms with E-state index in [-0.39, 0.29) is 0 Å². The van der Waals surface area contributed by atoms with E-state index in [0.29, 0.717) is 5.82 Å². The number of nitrogen functional groups attached to an aromatic ring is 1. The highest BCUT2D eigenvalue weighted by molar-refractivity contribution is 5.64. The van der Waals surface area contributed by atoms with Gasteiger partial charge < -0.3 is 5.73 Å². The maximum absolute atomic E-state index is 5.99. The number of hydrogen-bond donors (Lipinski definition) is 1. The summed E-state index contributed by atoms with van der Waals surface area (Å²) in [4.78, 5) is 4.54. The van der Waals surface area contributed by atoms with Crippen LogP contribution in [-0.2, 0) is 0 Å². The van der Waals surface area contributed by atoms with Gasteiger partial charge in [0.25, 0.3) is 0 Å². The molecule has 0 radical (unpaired) electrons. The van der Waals surface area contributed by atoms with Crippen LogP contribution in [0.25, 0.3) is 22.6 Å². The van der Waals surface area contributed by atoms with Gasteiger partial charge in [0.1, 0.15) is 5.82 Å². The molecule has 3 aromatic heterocycles. The van der Waals surface area contributed by atoms with Crippen LogP contribution < -0.4 is 5.73 Å². The quantitative estimate of drug-likeness (QED) is 0.609. The largest absolute Gasteiger partial charge is 0.384 e. The summed E-state index contributed by atoms with van der Waals surface area (Å²) in [6, 6.07) is 13.5. The molecule has 102 valence electrons. The van der Waals surface area contributed by atoms with E-state index in [0.717, 1.165) is 22.6 Å². The Balaban J connectivity index is 1.81. The number of aromatic nitrogens is 5. The molecule has 0 aliphatic carbocycles. The highest BCUT2D eigenvalue weighted by Crippen LogP contribution is 2.21. The fraction of sp³-hybridized carbons (Fsp3) is 0. The minimum absolute atomic E-state index is 0.549. The van der Waals surface area contributed by atoms with Crippen molar-refractivity contribution in [3.63, 3.8) is 0 Å². The third-order valence-electron chi connectivity index (χ3n) is 3.29. The Labute approximate surface area is 120 Å². The number of para-hydroxylation sites is 1. The van der Waals surface area contributed by atoms with Gasteiger partial charge in [0.2, 0.25) is 0 Å². The molecular formula is C15H12N6. The van der Waals surface area contributed by atoms with Crippen molar-refractivity contribution in [2.45, 2.75) is 0 Å². The van der Waals surface area contributed by atoms with Gasteiger partial charge >= 0.3 is 0 Å². The maximum atomic E-state index is 5.99. The summed E-state index contributed by atoms with van der Waals surface area (Å²) in [5.41, 5.74) is 9.40. The van der Waals surface area contributed by atoms with E-state index < -0.39 is 0 Å². The van der Waals surface area contributed by atoms with Gasteiger partial charge in [0.15, 0.2) is 5.65 Å². The van der Waals surface area contributed by atoms with Crippen LogP contribution in [0.2, 0.25) is 0 Å². The normalized spacial score (nSPS) is 11.0. The van der Waals surface area contributed by atoms with Crippen molar-refractivity contribution in [3.8, 4) is 16.9 Å². The molecule has 0 bridgehead atoms. The number of fused-ring (bicyclic) bond motifs is 1. The van der Waals surface area contributed by atoms with E-state index in [4.69, 9.17) is 5.73 Å². The zero-order valence-electron chi connectivity index (χ0n) is 11.1. The lowest BCUT2D eigenvalue weighted by molar-refractivity contribution is 0.880. The van der Waals surface area contributed by atoms with Gasteiger partial charge in [-0.3, -0.25) is 0 Å². The van der Waals surface area contributed by atoms with Crippen LogP contribution in [-0.4, -0.2) is 24.4 Å². The summed E-state index contributed by atoms with van der Waals surface area (Å²) < 4.78 is 3.42. The van der Waals surface area contributed by atoms with Crippen LogP contribution in [0.5, 0.6) is 0 Å². The fourth-order valence-corrected chi connectivity index (χ4v) is 2.26. The molecule has 0 unspecified atom stereocenters. The number of nitrogens with two attached hydrogens (primary N) is 1. The van der Waals surface area contributed by atoms with E-state index in [1.165, 1.54) is 0 Å². The lowest BCUT2D eigenvalue weighted by Gasteiger charge is -2.02. The van der Waals surface area contributed by atoms with Gasteiger partial charge in [-0.25, -0.2) is 9.67 Å². The fourth-order valence-electron chi connectivity index (χ4n) is 2.26. The van der Waals surface area contributed by atoms with Gasteiger partial charge in [-0.2, -0.15) is 14.7 Å². The second kappa shape index (κ2) is 4.45. The van der Waals surface area contributed by atoms with Crippen molar-refractivity contribution < 1.29 is 0 Å². The number of anilines is 1. The first-order valence-corrected chi connectivity index (χ1v) is 6.52. The predicted molar refractivity (Wildman–Crippen MR) is 80.0 cm³/mol. The molecule has 0 atom stereocenters. The van der Waals surface area contributed by atoms with Crippen LogP contribution in [0.3, 0.4) is 0 Å². The van der Waals surface area contributed by atoms with Gasteiger partial charge in [-0.05, 0) is 12.1 Å². The summed E-state index contributed by atoms with van der Waals surface area (Å²) in [7, 11) is 0. The van der Waals surface area contributed by atoms with E-state index in [2.05, 4.69) is 15.2 Å². The van der Waals surface area contributed by atoms with Crippen LogP contribution in [0.15, 0.2) is 61.1 Å². The highest BCUT2D eigenvalue weighted by atomic mass is 15.3. The molecule has 6 heteroatoms. The van der Waals surface area contributed by atoms with Crippen LogP contribution in [0, 0.1) is 0 Å². The summed E-state index contributed by atoms with van der Waals surface area (Å²) >= 11 is 0. The first-order valence-electron chi connectivity index (χ1n) is 6.52. The van der Waals surface area contributed by atoms with Crippen molar-refractivity contribution in [2.24, 2.45) is 0 Å². The monoisotopic (exact) mass is 276 g/mol. The van der Waals surface area contributed by atoms with E-state index >= 15 is 0 Å². The zero-order chi connectivity index (χ0) is 14.2. The molecule has 0 saturated heterocycles. The minimum atomic E-state index is 0.549. The van der Waals surface area contributed by atoms with Crippen LogP contribution in [0.1, 0.15) is 0 Å². The summed E-state index contributed by atoms with van der Waals surface area (Å²) in [5.74, 6) is 0.549. The Hall–Kier alpha value is -3.15. The molecule has 6 nitrogen and oxygen atoms in total. The lowest BCUT2D eigenvalue weighted by atomic mass is 10.2. The molecule has 21 heavy (non-hydrogen) atoms. The second-order valence-electron chi connectivity index (χ2n) is 4.68. The first-order chi connectivity index (χ1) is 10.3. The molecule has 3 heterocycles. The molecule has 1 aromatic carbocycles. The molecule has 0 amide bonds. The standard InChI is InChI=1S/C15H12N6/c16-14-8-13(19-15-6-7-17-21(14)15)11-9-18-20(10-11)12-4-2-1-3-5-12/h1-10H,16H2. The van der Waals surface area contributed by atoms with Gasteiger partial charge in [0.05, 0.1) is 23.8 Å². The average molecular weight is 276 g/mol. The van der Waals surface area contributed by atoms with E-state index in [1.807, 2.05) is 47.3 Å². The number of hydrogen-bond acceptors (Lipinski definition) is 4.